The van der Waals surface area contributed by atoms with E-state index in [1.54, 1.807) is 43.9 Å². The van der Waals surface area contributed by atoms with Gasteiger partial charge in [-0.3, -0.25) is 4.90 Å². The largest absolute Gasteiger partial charge is 0.444 e. The molecule has 0 saturated carbocycles. The van der Waals surface area contributed by atoms with Gasteiger partial charge in [-0.15, -0.1) is 0 Å². The minimum Gasteiger partial charge on any atom is -0.444 e. The van der Waals surface area contributed by atoms with E-state index >= 15 is 0 Å². The van der Waals surface area contributed by atoms with Gasteiger partial charge in [0.05, 0.1) is 0 Å². The van der Waals surface area contributed by atoms with Crippen molar-refractivity contribution in [2.24, 2.45) is 0 Å². The Labute approximate surface area is 116 Å². The lowest BCUT2D eigenvalue weighted by Crippen LogP contribution is -2.33. The molecular formula is C15H17F2NO2. The third-order valence-electron chi connectivity index (χ3n) is 2.88. The predicted molar refractivity (Wildman–Crippen MR) is 72.1 cm³/mol. The lowest BCUT2D eigenvalue weighted by molar-refractivity contribution is 0.0242. The molecule has 0 aromatic heterocycles. The molecule has 3 nitrogen and oxygen atoms in total. The first-order chi connectivity index (χ1) is 9.24. The molecule has 1 aromatic rings. The van der Waals surface area contributed by atoms with E-state index < -0.39 is 11.7 Å². The summed E-state index contributed by atoms with van der Waals surface area (Å²) in [5.41, 5.74) is 1.74. The molecule has 108 valence electrons. The van der Waals surface area contributed by atoms with E-state index in [1.165, 1.54) is 0 Å². The Hall–Kier alpha value is -1.91. The highest BCUT2D eigenvalue weighted by Crippen LogP contribution is 2.26. The minimum absolute atomic E-state index is 0.387. The predicted octanol–water partition coefficient (Wildman–Crippen LogP) is 4.17. The fourth-order valence-electron chi connectivity index (χ4n) is 2.09. The molecule has 1 heterocycles. The highest BCUT2D eigenvalue weighted by Gasteiger charge is 2.27. The number of hydrogen-bond acceptors (Lipinski definition) is 2. The maximum atomic E-state index is 12.2. The zero-order valence-corrected chi connectivity index (χ0v) is 11.7. The molecule has 0 unspecified atom stereocenters. The monoisotopic (exact) mass is 281 g/mol. The molecule has 1 amide bonds. The van der Waals surface area contributed by atoms with Crippen LogP contribution in [-0.4, -0.2) is 16.6 Å². The van der Waals surface area contributed by atoms with Crippen LogP contribution in [0.3, 0.4) is 0 Å². The molecule has 20 heavy (non-hydrogen) atoms. The number of benzene rings is 1. The molecule has 0 N–H and O–H groups in total. The second kappa shape index (κ2) is 5.23. The Morgan fingerprint density at radius 1 is 1.25 bits per heavy atom. The van der Waals surface area contributed by atoms with Gasteiger partial charge in [0, 0.05) is 19.2 Å². The summed E-state index contributed by atoms with van der Waals surface area (Å²) >= 11 is 0. The van der Waals surface area contributed by atoms with Crippen LogP contribution in [0.25, 0.3) is 6.08 Å². The molecule has 0 bridgehead atoms. The summed E-state index contributed by atoms with van der Waals surface area (Å²) in [5.74, 6) is 0. The van der Waals surface area contributed by atoms with Crippen molar-refractivity contribution in [3.05, 3.63) is 41.0 Å². The summed E-state index contributed by atoms with van der Waals surface area (Å²) in [5, 5.41) is 0. The van der Waals surface area contributed by atoms with Crippen LogP contribution in [0.1, 0.15) is 37.5 Å². The average Bonchev–Trinajstić information content (AvgIpc) is 2.68. The Bertz CT molecular complexity index is 557. The summed E-state index contributed by atoms with van der Waals surface area (Å²) in [4.78, 5) is 13.5. The molecule has 0 atom stereocenters. The van der Waals surface area contributed by atoms with E-state index in [-0.39, 0.29) is 6.09 Å². The van der Waals surface area contributed by atoms with E-state index in [2.05, 4.69) is 0 Å². The van der Waals surface area contributed by atoms with Crippen molar-refractivity contribution >= 4 is 12.2 Å². The van der Waals surface area contributed by atoms with Crippen molar-refractivity contribution in [2.45, 2.75) is 39.5 Å². The highest BCUT2D eigenvalue weighted by atomic mass is 19.3. The van der Waals surface area contributed by atoms with Gasteiger partial charge in [0.15, 0.2) is 0 Å². The molecule has 2 rings (SSSR count). The van der Waals surface area contributed by atoms with Crippen LogP contribution in [0, 0.1) is 0 Å². The molecule has 1 aromatic carbocycles. The first kappa shape index (κ1) is 14.5. The Balaban J connectivity index is 2.11. The first-order valence-corrected chi connectivity index (χ1v) is 6.37. The molecule has 5 heteroatoms. The molecule has 0 radical (unpaired) electrons. The quantitative estimate of drug-likeness (QED) is 0.773. The minimum atomic E-state index is -1.73. The summed E-state index contributed by atoms with van der Waals surface area (Å²) in [7, 11) is 0. The first-order valence-electron chi connectivity index (χ1n) is 6.37. The van der Waals surface area contributed by atoms with Gasteiger partial charge in [-0.25, -0.2) is 4.79 Å². The van der Waals surface area contributed by atoms with Crippen LogP contribution in [0.2, 0.25) is 0 Å². The topological polar surface area (TPSA) is 29.5 Å². The number of hydrogen-bond donors (Lipinski definition) is 0. The molecular weight excluding hydrogens is 264 g/mol. The van der Waals surface area contributed by atoms with Crippen molar-refractivity contribution in [1.29, 1.82) is 0 Å². The number of rotatable bonds is 1. The molecule has 1 aliphatic heterocycles. The normalized spacial score (nSPS) is 13.9. The van der Waals surface area contributed by atoms with Gasteiger partial charge in [-0.05, 0) is 43.5 Å². The molecule has 1 aliphatic rings. The van der Waals surface area contributed by atoms with Crippen LogP contribution in [0.5, 0.6) is 0 Å². The van der Waals surface area contributed by atoms with Crippen LogP contribution < -0.4 is 0 Å². The van der Waals surface area contributed by atoms with Crippen molar-refractivity contribution in [3.63, 3.8) is 0 Å². The molecule has 0 saturated heterocycles. The third-order valence-corrected chi connectivity index (χ3v) is 2.88. The second-order valence-electron chi connectivity index (χ2n) is 5.80. The number of carbonyl (C=O) groups is 1. The van der Waals surface area contributed by atoms with Gasteiger partial charge in [0.1, 0.15) is 5.60 Å². The number of carbonyl (C=O) groups excluding carboxylic acids is 1. The van der Waals surface area contributed by atoms with Gasteiger partial charge < -0.3 is 4.74 Å². The summed E-state index contributed by atoms with van der Waals surface area (Å²) < 4.78 is 29.8. The summed E-state index contributed by atoms with van der Waals surface area (Å²) in [6, 6.07) is 5.07. The summed E-state index contributed by atoms with van der Waals surface area (Å²) in [6.07, 6.45) is -1.30. The number of fused-ring (bicyclic) bond motifs is 1. The number of amides is 1. The SMILES string of the molecule is CC(C)(C)OC(=O)N1Cc2ccc(C=C(F)F)cc2C1. The lowest BCUT2D eigenvalue weighted by Gasteiger charge is -2.24. The fraction of sp³-hybridized carbons (Fsp3) is 0.400. The van der Waals surface area contributed by atoms with E-state index in [1.807, 2.05) is 0 Å². The maximum absolute atomic E-state index is 12.2. The molecule has 0 aliphatic carbocycles. The van der Waals surface area contributed by atoms with Crippen LogP contribution >= 0.6 is 0 Å². The standard InChI is InChI=1S/C15H17F2NO2/c1-15(2,3)20-14(19)18-8-11-5-4-10(7-13(16)17)6-12(11)9-18/h4-7H,8-9H2,1-3H3. The third kappa shape index (κ3) is 3.56. The lowest BCUT2D eigenvalue weighted by atomic mass is 10.1. The Kier molecular flexibility index (Phi) is 3.79. The maximum Gasteiger partial charge on any atom is 0.410 e. The molecule has 0 spiro atoms. The average molecular weight is 281 g/mol. The van der Waals surface area contributed by atoms with Crippen molar-refractivity contribution < 1.29 is 18.3 Å². The Morgan fingerprint density at radius 2 is 1.90 bits per heavy atom. The summed E-state index contributed by atoms with van der Waals surface area (Å²) in [6.45, 7) is 6.26. The smallest absolute Gasteiger partial charge is 0.410 e. The van der Waals surface area contributed by atoms with Crippen LogP contribution in [0.15, 0.2) is 24.3 Å². The van der Waals surface area contributed by atoms with Gasteiger partial charge >= 0.3 is 6.09 Å². The van der Waals surface area contributed by atoms with Gasteiger partial charge in [0.25, 0.3) is 6.08 Å². The van der Waals surface area contributed by atoms with E-state index in [0.29, 0.717) is 18.7 Å². The second-order valence-corrected chi connectivity index (χ2v) is 5.80. The van der Waals surface area contributed by atoms with Crippen molar-refractivity contribution in [1.82, 2.24) is 4.90 Å². The number of ether oxygens (including phenoxy) is 1. The van der Waals surface area contributed by atoms with E-state index in [4.69, 9.17) is 4.74 Å². The van der Waals surface area contributed by atoms with Gasteiger partial charge in [-0.2, -0.15) is 8.78 Å². The van der Waals surface area contributed by atoms with Crippen molar-refractivity contribution in [2.75, 3.05) is 0 Å². The van der Waals surface area contributed by atoms with E-state index in [9.17, 15) is 13.6 Å². The Morgan fingerprint density at radius 3 is 2.50 bits per heavy atom. The van der Waals surface area contributed by atoms with Gasteiger partial charge in [0.2, 0.25) is 0 Å². The fourth-order valence-corrected chi connectivity index (χ4v) is 2.09. The van der Waals surface area contributed by atoms with E-state index in [0.717, 1.165) is 17.2 Å². The van der Waals surface area contributed by atoms with Crippen LogP contribution in [0.4, 0.5) is 13.6 Å². The zero-order chi connectivity index (χ0) is 14.9. The van der Waals surface area contributed by atoms with Crippen LogP contribution in [-0.2, 0) is 17.8 Å². The number of nitrogens with zero attached hydrogens (tertiary/aromatic N) is 1. The zero-order valence-electron chi connectivity index (χ0n) is 11.7. The molecule has 0 fully saturated rings. The van der Waals surface area contributed by atoms with Crippen molar-refractivity contribution in [3.8, 4) is 0 Å². The van der Waals surface area contributed by atoms with Gasteiger partial charge in [-0.1, -0.05) is 12.1 Å². The highest BCUT2D eigenvalue weighted by molar-refractivity contribution is 5.69. The number of halogens is 2.